The Bertz CT molecular complexity index is 564. The fourth-order valence-electron chi connectivity index (χ4n) is 1.93. The van der Waals surface area contributed by atoms with Gasteiger partial charge in [-0.2, -0.15) is 0 Å². The normalized spacial score (nSPS) is 12.2. The molecule has 2 nitrogen and oxygen atoms in total. The van der Waals surface area contributed by atoms with Crippen LogP contribution in [0.5, 0.6) is 11.5 Å². The molecule has 1 N–H and O–H groups in total. The van der Waals surface area contributed by atoms with Gasteiger partial charge in [-0.1, -0.05) is 42.8 Å². The Labute approximate surface area is 118 Å². The van der Waals surface area contributed by atoms with Gasteiger partial charge < -0.3 is 9.84 Å². The Morgan fingerprint density at radius 3 is 2.58 bits per heavy atom. The van der Waals surface area contributed by atoms with Crippen LogP contribution in [0.2, 0.25) is 5.02 Å². The molecule has 0 spiro atoms. The van der Waals surface area contributed by atoms with Crippen LogP contribution in [0.15, 0.2) is 42.5 Å². The predicted octanol–water partition coefficient (Wildman–Crippen LogP) is 4.75. The van der Waals surface area contributed by atoms with Gasteiger partial charge in [0.1, 0.15) is 11.5 Å². The van der Waals surface area contributed by atoms with Gasteiger partial charge in [-0.15, -0.1) is 0 Å². The van der Waals surface area contributed by atoms with Gasteiger partial charge in [-0.05, 0) is 42.7 Å². The van der Waals surface area contributed by atoms with Crippen LogP contribution in [0.25, 0.3) is 0 Å². The summed E-state index contributed by atoms with van der Waals surface area (Å²) in [5, 5.41) is 10.1. The molecule has 19 heavy (non-hydrogen) atoms. The third kappa shape index (κ3) is 3.28. The first-order chi connectivity index (χ1) is 9.11. The Balaban J connectivity index is 2.26. The summed E-state index contributed by atoms with van der Waals surface area (Å²) in [5.74, 6) is 1.51. The van der Waals surface area contributed by atoms with Crippen molar-refractivity contribution in [2.24, 2.45) is 0 Å². The smallest absolute Gasteiger partial charge is 0.130 e. The minimum atomic E-state index is -0.579. The lowest BCUT2D eigenvalue weighted by atomic mass is 10.1. The standard InChI is InChI=1S/C16H17ClO2/c1-3-12-6-4-5-7-16(12)19-13-8-9-14(11(2)18)15(17)10-13/h4-11,18H,3H2,1-2H3. The minimum Gasteiger partial charge on any atom is -0.457 e. The molecule has 0 aromatic heterocycles. The summed E-state index contributed by atoms with van der Waals surface area (Å²) in [4.78, 5) is 0. The molecular weight excluding hydrogens is 260 g/mol. The zero-order valence-corrected chi connectivity index (χ0v) is 11.8. The van der Waals surface area contributed by atoms with Crippen molar-refractivity contribution in [3.8, 4) is 11.5 Å². The van der Waals surface area contributed by atoms with Crippen molar-refractivity contribution in [3.05, 3.63) is 58.6 Å². The lowest BCUT2D eigenvalue weighted by molar-refractivity contribution is 0.199. The average molecular weight is 277 g/mol. The number of hydrogen-bond donors (Lipinski definition) is 1. The number of aryl methyl sites for hydroxylation is 1. The van der Waals surface area contributed by atoms with E-state index in [9.17, 15) is 5.11 Å². The maximum absolute atomic E-state index is 9.54. The summed E-state index contributed by atoms with van der Waals surface area (Å²) < 4.78 is 5.85. The maximum Gasteiger partial charge on any atom is 0.130 e. The molecule has 0 amide bonds. The largest absolute Gasteiger partial charge is 0.457 e. The minimum absolute atomic E-state index is 0.515. The van der Waals surface area contributed by atoms with Crippen molar-refractivity contribution >= 4 is 11.6 Å². The predicted molar refractivity (Wildman–Crippen MR) is 78.0 cm³/mol. The van der Waals surface area contributed by atoms with Crippen LogP contribution in [0.1, 0.15) is 31.1 Å². The number of aliphatic hydroxyl groups is 1. The van der Waals surface area contributed by atoms with Crippen molar-refractivity contribution in [1.82, 2.24) is 0 Å². The zero-order valence-electron chi connectivity index (χ0n) is 11.1. The molecule has 0 heterocycles. The second-order valence-corrected chi connectivity index (χ2v) is 4.83. The highest BCUT2D eigenvalue weighted by atomic mass is 35.5. The third-order valence-electron chi connectivity index (χ3n) is 3.00. The molecule has 2 rings (SSSR count). The number of aliphatic hydroxyl groups excluding tert-OH is 1. The lowest BCUT2D eigenvalue weighted by Crippen LogP contribution is -1.94. The number of rotatable bonds is 4. The number of benzene rings is 2. The van der Waals surface area contributed by atoms with Gasteiger partial charge in [0.25, 0.3) is 0 Å². The molecule has 0 saturated carbocycles. The van der Waals surface area contributed by atoms with E-state index in [0.29, 0.717) is 16.3 Å². The zero-order chi connectivity index (χ0) is 13.8. The summed E-state index contributed by atoms with van der Waals surface area (Å²) in [6.45, 7) is 3.78. The van der Waals surface area contributed by atoms with Crippen LogP contribution in [-0.2, 0) is 6.42 Å². The van der Waals surface area contributed by atoms with E-state index in [1.54, 1.807) is 19.1 Å². The summed E-state index contributed by atoms with van der Waals surface area (Å²) in [7, 11) is 0. The summed E-state index contributed by atoms with van der Waals surface area (Å²) >= 11 is 6.12. The van der Waals surface area contributed by atoms with Crippen LogP contribution < -0.4 is 4.74 Å². The van der Waals surface area contributed by atoms with E-state index in [2.05, 4.69) is 6.92 Å². The monoisotopic (exact) mass is 276 g/mol. The molecule has 0 radical (unpaired) electrons. The lowest BCUT2D eigenvalue weighted by Gasteiger charge is -2.12. The van der Waals surface area contributed by atoms with Gasteiger partial charge in [-0.3, -0.25) is 0 Å². The topological polar surface area (TPSA) is 29.5 Å². The number of halogens is 1. The van der Waals surface area contributed by atoms with E-state index >= 15 is 0 Å². The van der Waals surface area contributed by atoms with E-state index in [0.717, 1.165) is 17.7 Å². The Hall–Kier alpha value is -1.51. The first-order valence-electron chi connectivity index (χ1n) is 6.35. The third-order valence-corrected chi connectivity index (χ3v) is 3.33. The fraction of sp³-hybridized carbons (Fsp3) is 0.250. The van der Waals surface area contributed by atoms with Crippen LogP contribution >= 0.6 is 11.6 Å². The molecule has 0 bridgehead atoms. The van der Waals surface area contributed by atoms with E-state index in [-0.39, 0.29) is 0 Å². The van der Waals surface area contributed by atoms with Crippen molar-refractivity contribution < 1.29 is 9.84 Å². The van der Waals surface area contributed by atoms with E-state index in [4.69, 9.17) is 16.3 Å². The second kappa shape index (κ2) is 6.09. The number of hydrogen-bond acceptors (Lipinski definition) is 2. The Morgan fingerprint density at radius 1 is 1.21 bits per heavy atom. The summed E-state index contributed by atoms with van der Waals surface area (Å²) in [6.07, 6.45) is 0.333. The molecule has 0 saturated heterocycles. The molecule has 2 aromatic rings. The van der Waals surface area contributed by atoms with Crippen LogP contribution in [0.4, 0.5) is 0 Å². The number of ether oxygens (including phenoxy) is 1. The molecule has 3 heteroatoms. The van der Waals surface area contributed by atoms with Gasteiger partial charge in [0, 0.05) is 0 Å². The van der Waals surface area contributed by atoms with Crippen LogP contribution in [0.3, 0.4) is 0 Å². The second-order valence-electron chi connectivity index (χ2n) is 4.42. The first-order valence-corrected chi connectivity index (χ1v) is 6.73. The average Bonchev–Trinajstić information content (AvgIpc) is 2.39. The molecule has 0 aliphatic rings. The maximum atomic E-state index is 9.54. The van der Waals surface area contributed by atoms with Crippen molar-refractivity contribution in [3.63, 3.8) is 0 Å². The molecule has 0 aliphatic heterocycles. The Morgan fingerprint density at radius 2 is 1.95 bits per heavy atom. The van der Waals surface area contributed by atoms with Crippen molar-refractivity contribution in [2.75, 3.05) is 0 Å². The highest BCUT2D eigenvalue weighted by molar-refractivity contribution is 6.31. The highest BCUT2D eigenvalue weighted by Gasteiger charge is 2.09. The van der Waals surface area contributed by atoms with E-state index in [1.165, 1.54) is 0 Å². The van der Waals surface area contributed by atoms with Gasteiger partial charge in [0.2, 0.25) is 0 Å². The van der Waals surface area contributed by atoms with E-state index < -0.39 is 6.10 Å². The fourth-order valence-corrected chi connectivity index (χ4v) is 2.26. The Kier molecular flexibility index (Phi) is 4.46. The summed E-state index contributed by atoms with van der Waals surface area (Å²) in [6, 6.07) is 13.3. The quantitative estimate of drug-likeness (QED) is 0.873. The molecule has 100 valence electrons. The number of para-hydroxylation sites is 1. The molecule has 2 aromatic carbocycles. The van der Waals surface area contributed by atoms with Crippen molar-refractivity contribution in [2.45, 2.75) is 26.4 Å². The van der Waals surface area contributed by atoms with Gasteiger partial charge in [0.05, 0.1) is 11.1 Å². The molecule has 0 fully saturated rings. The highest BCUT2D eigenvalue weighted by Crippen LogP contribution is 2.31. The van der Waals surface area contributed by atoms with Crippen molar-refractivity contribution in [1.29, 1.82) is 0 Å². The van der Waals surface area contributed by atoms with Gasteiger partial charge >= 0.3 is 0 Å². The first kappa shape index (κ1) is 13.9. The SMILES string of the molecule is CCc1ccccc1Oc1ccc(C(C)O)c(Cl)c1. The van der Waals surface area contributed by atoms with Crippen LogP contribution in [-0.4, -0.2) is 5.11 Å². The van der Waals surface area contributed by atoms with Gasteiger partial charge in [0.15, 0.2) is 0 Å². The molecule has 1 unspecified atom stereocenters. The molecule has 0 aliphatic carbocycles. The molecular formula is C16H17ClO2. The van der Waals surface area contributed by atoms with Gasteiger partial charge in [-0.25, -0.2) is 0 Å². The summed E-state index contributed by atoms with van der Waals surface area (Å²) in [5.41, 5.74) is 1.86. The van der Waals surface area contributed by atoms with E-state index in [1.807, 2.05) is 30.3 Å². The van der Waals surface area contributed by atoms with Crippen LogP contribution in [0, 0.1) is 0 Å². The molecule has 1 atom stereocenters.